The summed E-state index contributed by atoms with van der Waals surface area (Å²) >= 11 is 5.79. The molecule has 0 aliphatic rings. The summed E-state index contributed by atoms with van der Waals surface area (Å²) in [5.41, 5.74) is -0.735. The summed E-state index contributed by atoms with van der Waals surface area (Å²) < 4.78 is 15.7. The second-order valence-corrected chi connectivity index (χ2v) is 8.09. The third kappa shape index (κ3) is 9.85. The maximum Gasteiger partial charge on any atom is 1.00 e. The number of benzene rings is 1. The van der Waals surface area contributed by atoms with Crippen LogP contribution >= 0.6 is 11.6 Å². The van der Waals surface area contributed by atoms with Crippen LogP contribution in [0, 0.1) is 11.3 Å². The maximum absolute atomic E-state index is 12.3. The van der Waals surface area contributed by atoms with Crippen LogP contribution < -0.4 is 39.6 Å². The van der Waals surface area contributed by atoms with Crippen LogP contribution in [0.1, 0.15) is 49.4 Å². The van der Waals surface area contributed by atoms with Crippen LogP contribution in [-0.2, 0) is 19.1 Å². The first-order valence-electron chi connectivity index (χ1n) is 9.09. The molecule has 0 bridgehead atoms. The quantitative estimate of drug-likeness (QED) is 0.300. The van der Waals surface area contributed by atoms with E-state index in [0.29, 0.717) is 10.8 Å². The Hall–Kier alpha value is -1.28. The molecule has 1 rings (SSSR count). The van der Waals surface area contributed by atoms with Gasteiger partial charge in [0.1, 0.15) is 11.8 Å². The van der Waals surface area contributed by atoms with Gasteiger partial charge in [-0.05, 0) is 51.5 Å². The Morgan fingerprint density at radius 2 is 1.66 bits per heavy atom. The summed E-state index contributed by atoms with van der Waals surface area (Å²) in [5, 5.41) is 2.95. The molecule has 158 valence electrons. The van der Waals surface area contributed by atoms with Gasteiger partial charge in [-0.25, -0.2) is 9.59 Å². The van der Waals surface area contributed by atoms with E-state index < -0.39 is 35.8 Å². The molecule has 0 saturated heterocycles. The summed E-state index contributed by atoms with van der Waals surface area (Å²) in [5.74, 6) is -1.09. The van der Waals surface area contributed by atoms with Crippen molar-refractivity contribution in [3.63, 3.8) is 0 Å². The molecule has 7 nitrogen and oxygen atoms in total. The molecule has 29 heavy (non-hydrogen) atoms. The van der Waals surface area contributed by atoms with Crippen LogP contribution in [0.5, 0.6) is 5.75 Å². The summed E-state index contributed by atoms with van der Waals surface area (Å²) in [7, 11) is 0. The summed E-state index contributed by atoms with van der Waals surface area (Å²) in [4.78, 5) is 36.5. The van der Waals surface area contributed by atoms with Crippen molar-refractivity contribution < 1.29 is 59.6 Å². The molecule has 1 aromatic rings. The first-order chi connectivity index (χ1) is 12.9. The smallest absolute Gasteiger partial charge is 1.00 e. The van der Waals surface area contributed by atoms with E-state index in [2.05, 4.69) is 5.32 Å². The van der Waals surface area contributed by atoms with Crippen molar-refractivity contribution in [1.29, 1.82) is 0 Å². The predicted octanol–water partition coefficient (Wildman–Crippen LogP) is 1.44. The molecule has 0 heterocycles. The number of carbonyl (C=O) groups excluding carboxylic acids is 3. The summed E-state index contributed by atoms with van der Waals surface area (Å²) in [6, 6.07) is 5.35. The van der Waals surface area contributed by atoms with E-state index in [-0.39, 0.29) is 43.3 Å². The van der Waals surface area contributed by atoms with Crippen LogP contribution in [-0.4, -0.2) is 30.4 Å². The summed E-state index contributed by atoms with van der Waals surface area (Å²) in [6.07, 6.45) is -1.66. The van der Waals surface area contributed by atoms with Crippen LogP contribution in [0.15, 0.2) is 24.3 Å². The first-order valence-corrected chi connectivity index (χ1v) is 9.47. The van der Waals surface area contributed by atoms with Crippen molar-refractivity contribution >= 4 is 29.6 Å². The third-order valence-electron chi connectivity index (χ3n) is 3.62. The minimum absolute atomic E-state index is 0. The van der Waals surface area contributed by atoms with Gasteiger partial charge in [0.2, 0.25) is 0 Å². The van der Waals surface area contributed by atoms with E-state index in [4.69, 9.17) is 25.8 Å². The van der Waals surface area contributed by atoms with Gasteiger partial charge in [-0.1, -0.05) is 32.4 Å². The van der Waals surface area contributed by atoms with Crippen molar-refractivity contribution in [1.82, 2.24) is 5.32 Å². The molecule has 1 aromatic carbocycles. The second-order valence-electron chi connectivity index (χ2n) is 7.65. The fourth-order valence-corrected chi connectivity index (χ4v) is 2.00. The molecule has 2 atom stereocenters. The van der Waals surface area contributed by atoms with Crippen LogP contribution in [0.3, 0.4) is 0 Å². The Balaban J connectivity index is 0. The Bertz CT molecular complexity index is 694. The number of esters is 2. The van der Waals surface area contributed by atoms with Gasteiger partial charge in [0.15, 0.2) is 0 Å². The van der Waals surface area contributed by atoms with Crippen molar-refractivity contribution in [3.05, 3.63) is 29.3 Å². The second kappa shape index (κ2) is 12.4. The van der Waals surface area contributed by atoms with Crippen molar-refractivity contribution in [2.75, 3.05) is 0 Å². The Labute approximate surface area is 200 Å². The topological polar surface area (TPSA) is 90.9 Å². The normalized spacial score (nSPS) is 13.0. The number of ether oxygens (including phenoxy) is 3. The maximum atomic E-state index is 12.3. The summed E-state index contributed by atoms with van der Waals surface area (Å²) in [6.45, 7) is 10.3. The molecule has 2 unspecified atom stereocenters. The van der Waals surface area contributed by atoms with E-state index >= 15 is 0 Å². The Morgan fingerprint density at radius 3 is 2.10 bits per heavy atom. The number of hydrogen-bond donors (Lipinski definition) is 1. The number of carbonyl (C=O) groups is 3. The molecule has 0 spiro atoms. The molecule has 1 amide bonds. The average molecular weight is 438 g/mol. The van der Waals surface area contributed by atoms with E-state index in [1.807, 2.05) is 0 Å². The van der Waals surface area contributed by atoms with Gasteiger partial charge < -0.3 is 21.0 Å². The molecule has 0 saturated carbocycles. The zero-order valence-electron chi connectivity index (χ0n) is 19.1. The van der Waals surface area contributed by atoms with Crippen LogP contribution in [0.2, 0.25) is 5.02 Å². The third-order valence-corrected chi connectivity index (χ3v) is 3.87. The molecule has 0 aliphatic carbocycles. The minimum atomic E-state index is -1.07. The minimum Gasteiger partial charge on any atom is -1.00 e. The Kier molecular flexibility index (Phi) is 11.9. The molecule has 0 aliphatic heterocycles. The fraction of sp³-hybridized carbons (Fsp3) is 0.550. The number of amides is 1. The van der Waals surface area contributed by atoms with Gasteiger partial charge in [-0.3, -0.25) is 4.79 Å². The number of nitrogens with one attached hydrogen (secondary N) is 1. The van der Waals surface area contributed by atoms with Crippen molar-refractivity contribution in [2.45, 2.75) is 60.3 Å². The van der Waals surface area contributed by atoms with Gasteiger partial charge in [0, 0.05) is 10.9 Å². The molecule has 0 aromatic heterocycles. The van der Waals surface area contributed by atoms with E-state index in [9.17, 15) is 14.4 Å². The zero-order chi connectivity index (χ0) is 21.5. The van der Waals surface area contributed by atoms with Crippen LogP contribution in [0.25, 0.3) is 0 Å². The van der Waals surface area contributed by atoms with Crippen LogP contribution in [0.4, 0.5) is 4.79 Å². The number of rotatable bonds is 7. The van der Waals surface area contributed by atoms with Gasteiger partial charge in [-0.15, -0.1) is 0 Å². The predicted molar refractivity (Wildman–Crippen MR) is 106 cm³/mol. The van der Waals surface area contributed by atoms with Gasteiger partial charge >= 0.3 is 47.6 Å². The molecule has 0 fully saturated rings. The number of hydrogen-bond acceptors (Lipinski definition) is 6. The van der Waals surface area contributed by atoms with Gasteiger partial charge in [0.05, 0.1) is 5.41 Å². The Morgan fingerprint density at radius 1 is 1.10 bits per heavy atom. The van der Waals surface area contributed by atoms with E-state index in [1.54, 1.807) is 65.8 Å². The molecular weight excluding hydrogens is 409 g/mol. The van der Waals surface area contributed by atoms with E-state index in [1.165, 1.54) is 0 Å². The molecule has 9 heteroatoms. The number of halogens is 1. The number of alkyl carbamates (subject to hydrolysis) is 1. The van der Waals surface area contributed by atoms with Gasteiger partial charge in [0.25, 0.3) is 6.29 Å². The molecule has 0 radical (unpaired) electrons. The SMILES string of the molecule is CCC(NC(=O)OC(OC(=O)C(C)(C)C)C(C)C)C(=O)Oc1ccc(Cl)cc1.[H-].[Na+]. The first kappa shape index (κ1) is 27.7. The average Bonchev–Trinajstić information content (AvgIpc) is 2.59. The monoisotopic (exact) mass is 437 g/mol. The molecular formula is C20H29ClNNaO6. The molecule has 1 N–H and O–H groups in total. The zero-order valence-corrected chi connectivity index (χ0v) is 20.8. The fourth-order valence-electron chi connectivity index (χ4n) is 1.88. The largest absolute Gasteiger partial charge is 1.00 e. The van der Waals surface area contributed by atoms with Crippen molar-refractivity contribution in [3.8, 4) is 5.75 Å². The van der Waals surface area contributed by atoms with Crippen molar-refractivity contribution in [2.24, 2.45) is 11.3 Å². The van der Waals surface area contributed by atoms with Gasteiger partial charge in [-0.2, -0.15) is 0 Å². The standard InChI is InChI=1S/C20H28ClNO6.Na.H/c1-7-15(16(23)26-14-10-8-13(21)9-11-14)22-19(25)28-17(12(2)3)27-18(24)20(4,5)6;;/h8-12,15,17H,7H2,1-6H3,(H,22,25);;/q;+1;-1. The van der Waals surface area contributed by atoms with E-state index in [0.717, 1.165) is 0 Å².